The van der Waals surface area contributed by atoms with Crippen LogP contribution < -0.4 is 5.06 Å². The van der Waals surface area contributed by atoms with Crippen molar-refractivity contribution < 1.29 is 23.8 Å². The van der Waals surface area contributed by atoms with E-state index in [0.717, 1.165) is 5.69 Å². The van der Waals surface area contributed by atoms with E-state index in [1.54, 1.807) is 18.9 Å². The number of fused-ring (bicyclic) bond motifs is 1. The summed E-state index contributed by atoms with van der Waals surface area (Å²) in [7, 11) is 1.36. The average molecular weight is 317 g/mol. The van der Waals surface area contributed by atoms with Gasteiger partial charge in [-0.05, 0) is 26.0 Å². The van der Waals surface area contributed by atoms with Crippen molar-refractivity contribution in [1.82, 2.24) is 0 Å². The van der Waals surface area contributed by atoms with E-state index in [0.29, 0.717) is 0 Å². The molecule has 2 fully saturated rings. The van der Waals surface area contributed by atoms with E-state index in [9.17, 15) is 4.79 Å². The van der Waals surface area contributed by atoms with Gasteiger partial charge in [0.05, 0.1) is 12.8 Å². The van der Waals surface area contributed by atoms with Gasteiger partial charge in [0.25, 0.3) is 0 Å². The molecule has 6 heteroatoms. The van der Waals surface area contributed by atoms with Gasteiger partial charge in [0.2, 0.25) is 5.60 Å². The van der Waals surface area contributed by atoms with E-state index >= 15 is 0 Å². The first-order valence-electron chi connectivity index (χ1n) is 7.64. The lowest BCUT2D eigenvalue weighted by atomic mass is 9.79. The standard InChI is InChI=1S/C17H19NO5/c1-16(2)21-14-12-9-10-13(17(14,23-16)15(19)20-3)18(22-12)11-7-5-4-6-8-11/h4-10,12-14H,1-3H3/t12-,13+,14+,17-/m0/s1. The second-order valence-electron chi connectivity index (χ2n) is 6.39. The van der Waals surface area contributed by atoms with Crippen LogP contribution >= 0.6 is 0 Å². The number of hydrogen-bond acceptors (Lipinski definition) is 6. The van der Waals surface area contributed by atoms with Gasteiger partial charge in [-0.25, -0.2) is 9.86 Å². The van der Waals surface area contributed by atoms with Crippen molar-refractivity contribution in [1.29, 1.82) is 0 Å². The Balaban J connectivity index is 1.82. The minimum atomic E-state index is -1.24. The number of hydrogen-bond donors (Lipinski definition) is 0. The first-order chi connectivity index (χ1) is 11.0. The first kappa shape index (κ1) is 14.7. The molecule has 2 bridgehead atoms. The summed E-state index contributed by atoms with van der Waals surface area (Å²) in [5.74, 6) is -1.34. The number of hydroxylamine groups is 1. The number of nitrogens with zero attached hydrogens (tertiary/aromatic N) is 1. The third kappa shape index (κ3) is 1.95. The number of para-hydroxylation sites is 1. The topological polar surface area (TPSA) is 57.2 Å². The van der Waals surface area contributed by atoms with Crippen molar-refractivity contribution in [2.24, 2.45) is 0 Å². The van der Waals surface area contributed by atoms with E-state index in [4.69, 9.17) is 19.0 Å². The molecular formula is C17H19NO5. The first-order valence-corrected chi connectivity index (χ1v) is 7.64. The van der Waals surface area contributed by atoms with Crippen molar-refractivity contribution >= 4 is 11.7 Å². The monoisotopic (exact) mass is 317 g/mol. The smallest absolute Gasteiger partial charge is 0.343 e. The van der Waals surface area contributed by atoms with Gasteiger partial charge in [0.1, 0.15) is 18.2 Å². The van der Waals surface area contributed by atoms with Crippen LogP contribution in [-0.2, 0) is 23.8 Å². The van der Waals surface area contributed by atoms with E-state index in [2.05, 4.69) is 0 Å². The van der Waals surface area contributed by atoms with Crippen LogP contribution in [0, 0.1) is 0 Å². The van der Waals surface area contributed by atoms with Crippen molar-refractivity contribution in [3.63, 3.8) is 0 Å². The molecule has 0 spiro atoms. The van der Waals surface area contributed by atoms with E-state index in [1.165, 1.54) is 7.11 Å². The fourth-order valence-corrected chi connectivity index (χ4v) is 3.65. The molecule has 6 nitrogen and oxygen atoms in total. The Kier molecular flexibility index (Phi) is 3.07. The molecule has 1 aromatic carbocycles. The fourth-order valence-electron chi connectivity index (χ4n) is 3.65. The number of methoxy groups -OCH3 is 1. The number of esters is 1. The van der Waals surface area contributed by atoms with Gasteiger partial charge in [-0.1, -0.05) is 30.4 Å². The van der Waals surface area contributed by atoms with Crippen LogP contribution in [0.2, 0.25) is 0 Å². The number of benzene rings is 1. The highest BCUT2D eigenvalue weighted by Gasteiger charge is 2.71. The molecule has 122 valence electrons. The molecular weight excluding hydrogens is 298 g/mol. The summed E-state index contributed by atoms with van der Waals surface area (Å²) in [5, 5.41) is 1.71. The molecule has 0 saturated carbocycles. The van der Waals surface area contributed by atoms with Crippen LogP contribution in [0.3, 0.4) is 0 Å². The third-order valence-electron chi connectivity index (χ3n) is 4.47. The third-order valence-corrected chi connectivity index (χ3v) is 4.47. The van der Waals surface area contributed by atoms with Gasteiger partial charge in [0.15, 0.2) is 5.79 Å². The van der Waals surface area contributed by atoms with Crippen LogP contribution in [0.15, 0.2) is 42.5 Å². The minimum Gasteiger partial charge on any atom is -0.467 e. The largest absolute Gasteiger partial charge is 0.467 e. The normalized spacial score (nSPS) is 36.8. The summed E-state index contributed by atoms with van der Waals surface area (Å²) in [6, 6.07) is 9.16. The van der Waals surface area contributed by atoms with Gasteiger partial charge >= 0.3 is 5.97 Å². The number of rotatable bonds is 2. The lowest BCUT2D eigenvalue weighted by Gasteiger charge is -2.51. The van der Waals surface area contributed by atoms with Crippen LogP contribution in [0.5, 0.6) is 0 Å². The van der Waals surface area contributed by atoms with Crippen LogP contribution in [0.25, 0.3) is 0 Å². The van der Waals surface area contributed by atoms with Crippen molar-refractivity contribution in [2.45, 2.75) is 43.5 Å². The van der Waals surface area contributed by atoms with E-state index in [-0.39, 0.29) is 0 Å². The Morgan fingerprint density at radius 1 is 1.22 bits per heavy atom. The van der Waals surface area contributed by atoms with Crippen LogP contribution in [0.4, 0.5) is 5.69 Å². The average Bonchev–Trinajstić information content (AvgIpc) is 2.89. The van der Waals surface area contributed by atoms with Crippen LogP contribution in [0.1, 0.15) is 13.8 Å². The predicted octanol–water partition coefficient (Wildman–Crippen LogP) is 1.81. The van der Waals surface area contributed by atoms with Gasteiger partial charge in [-0.2, -0.15) is 0 Å². The molecule has 1 aromatic rings. The summed E-state index contributed by atoms with van der Waals surface area (Å²) >= 11 is 0. The molecule has 0 unspecified atom stereocenters. The Morgan fingerprint density at radius 2 is 1.96 bits per heavy atom. The Morgan fingerprint density at radius 3 is 2.65 bits per heavy atom. The lowest BCUT2D eigenvalue weighted by molar-refractivity contribution is -0.197. The summed E-state index contributed by atoms with van der Waals surface area (Å²) < 4.78 is 17.1. The second kappa shape index (κ2) is 4.80. The molecule has 5 rings (SSSR count). The Labute approximate surface area is 134 Å². The maximum atomic E-state index is 12.7. The quantitative estimate of drug-likeness (QED) is 0.612. The van der Waals surface area contributed by atoms with Crippen molar-refractivity contribution in [3.05, 3.63) is 42.5 Å². The van der Waals surface area contributed by atoms with Gasteiger partial charge in [-0.15, -0.1) is 0 Å². The van der Waals surface area contributed by atoms with Gasteiger partial charge in [0, 0.05) is 0 Å². The summed E-state index contributed by atoms with van der Waals surface area (Å²) in [4.78, 5) is 18.7. The number of anilines is 1. The Hall–Kier alpha value is -1.89. The molecule has 4 aliphatic rings. The highest BCUT2D eigenvalue weighted by atomic mass is 16.8. The summed E-state index contributed by atoms with van der Waals surface area (Å²) in [6.07, 6.45) is 2.89. The number of ether oxygens (including phenoxy) is 3. The second-order valence-corrected chi connectivity index (χ2v) is 6.39. The molecule has 3 aliphatic heterocycles. The number of carbonyl (C=O) groups is 1. The molecule has 0 radical (unpaired) electrons. The lowest BCUT2D eigenvalue weighted by Crippen LogP contribution is -2.72. The fraction of sp³-hybridized carbons (Fsp3) is 0.471. The molecule has 3 heterocycles. The molecule has 1 aliphatic carbocycles. The zero-order valence-electron chi connectivity index (χ0n) is 13.3. The van der Waals surface area contributed by atoms with Gasteiger partial charge in [-0.3, -0.25) is 4.84 Å². The highest BCUT2D eigenvalue weighted by Crippen LogP contribution is 2.50. The molecule has 2 saturated heterocycles. The summed E-state index contributed by atoms with van der Waals surface area (Å²) in [6.45, 7) is 3.59. The molecule has 0 amide bonds. The predicted molar refractivity (Wildman–Crippen MR) is 81.5 cm³/mol. The highest BCUT2D eigenvalue weighted by molar-refractivity contribution is 5.84. The molecule has 23 heavy (non-hydrogen) atoms. The zero-order chi connectivity index (χ0) is 16.2. The molecule has 0 N–H and O–H groups in total. The summed E-state index contributed by atoms with van der Waals surface area (Å²) in [5.41, 5.74) is -0.395. The maximum Gasteiger partial charge on any atom is 0.343 e. The zero-order valence-corrected chi connectivity index (χ0v) is 13.3. The van der Waals surface area contributed by atoms with Crippen molar-refractivity contribution in [3.8, 4) is 0 Å². The van der Waals surface area contributed by atoms with Crippen LogP contribution in [-0.4, -0.2) is 42.7 Å². The van der Waals surface area contributed by atoms with E-state index in [1.807, 2.05) is 42.5 Å². The van der Waals surface area contributed by atoms with Gasteiger partial charge < -0.3 is 14.2 Å². The number of carbonyl (C=O) groups excluding carboxylic acids is 1. The Bertz CT molecular complexity index is 658. The van der Waals surface area contributed by atoms with Crippen molar-refractivity contribution in [2.75, 3.05) is 12.2 Å². The minimum absolute atomic E-state index is 0.416. The SMILES string of the molecule is COC(=O)[C@@]12OC(C)(C)O[C@@H]1[C@@H]1C=C[C@H]2N(c2ccccc2)O1. The molecule has 4 atom stereocenters. The molecule has 0 aromatic heterocycles. The maximum absolute atomic E-state index is 12.7. The van der Waals surface area contributed by atoms with E-state index < -0.39 is 35.6 Å².